The van der Waals surface area contributed by atoms with Crippen LogP contribution in [0.25, 0.3) is 0 Å². The van der Waals surface area contributed by atoms with E-state index in [4.69, 9.17) is 0 Å². The van der Waals surface area contributed by atoms with E-state index in [1.165, 1.54) is 13.8 Å². The second-order valence-corrected chi connectivity index (χ2v) is 5.06. The summed E-state index contributed by atoms with van der Waals surface area (Å²) in [5.74, 6) is -0.213. The maximum atomic E-state index is 12.4. The zero-order valence-corrected chi connectivity index (χ0v) is 12.3. The number of hydrogen-bond donors (Lipinski definition) is 1. The Morgan fingerprint density at radius 2 is 1.62 bits per heavy atom. The number of piperazine rings is 1. The van der Waals surface area contributed by atoms with Gasteiger partial charge in [0.15, 0.2) is 0 Å². The fourth-order valence-corrected chi connectivity index (χ4v) is 2.34. The van der Waals surface area contributed by atoms with Crippen molar-refractivity contribution < 1.29 is 14.4 Å². The van der Waals surface area contributed by atoms with Gasteiger partial charge in [0.1, 0.15) is 0 Å². The van der Waals surface area contributed by atoms with Crippen LogP contribution in [-0.4, -0.2) is 53.7 Å². The first-order chi connectivity index (χ1) is 9.97. The fourth-order valence-electron chi connectivity index (χ4n) is 2.34. The second kappa shape index (κ2) is 6.39. The highest BCUT2D eigenvalue weighted by atomic mass is 16.2. The van der Waals surface area contributed by atoms with Gasteiger partial charge < -0.3 is 15.1 Å². The van der Waals surface area contributed by atoms with Gasteiger partial charge in [-0.1, -0.05) is 6.07 Å². The molecule has 0 bridgehead atoms. The van der Waals surface area contributed by atoms with Crippen LogP contribution >= 0.6 is 0 Å². The summed E-state index contributed by atoms with van der Waals surface area (Å²) >= 11 is 0. The summed E-state index contributed by atoms with van der Waals surface area (Å²) < 4.78 is 0. The van der Waals surface area contributed by atoms with Gasteiger partial charge in [0.25, 0.3) is 5.91 Å². The van der Waals surface area contributed by atoms with Gasteiger partial charge in [-0.2, -0.15) is 0 Å². The van der Waals surface area contributed by atoms with Crippen molar-refractivity contribution in [1.29, 1.82) is 0 Å². The molecule has 2 rings (SSSR count). The smallest absolute Gasteiger partial charge is 0.254 e. The van der Waals surface area contributed by atoms with Gasteiger partial charge in [0, 0.05) is 51.3 Å². The first-order valence-corrected chi connectivity index (χ1v) is 6.90. The molecule has 1 heterocycles. The molecule has 3 amide bonds. The molecule has 0 aromatic heterocycles. The zero-order chi connectivity index (χ0) is 15.4. The van der Waals surface area contributed by atoms with Crippen molar-refractivity contribution in [3.63, 3.8) is 0 Å². The molecule has 1 aliphatic rings. The average molecular weight is 289 g/mol. The molecule has 0 unspecified atom stereocenters. The number of nitrogens with one attached hydrogen (secondary N) is 1. The number of nitrogens with zero attached hydrogens (tertiary/aromatic N) is 2. The first kappa shape index (κ1) is 15.0. The van der Waals surface area contributed by atoms with Crippen molar-refractivity contribution in [3.05, 3.63) is 29.8 Å². The zero-order valence-electron chi connectivity index (χ0n) is 12.3. The summed E-state index contributed by atoms with van der Waals surface area (Å²) in [7, 11) is 0. The van der Waals surface area contributed by atoms with Crippen LogP contribution in [0, 0.1) is 0 Å². The van der Waals surface area contributed by atoms with E-state index in [1.54, 1.807) is 34.1 Å². The lowest BCUT2D eigenvalue weighted by molar-refractivity contribution is -0.130. The predicted octanol–water partition coefficient (Wildman–Crippen LogP) is 0.949. The molecule has 21 heavy (non-hydrogen) atoms. The maximum Gasteiger partial charge on any atom is 0.254 e. The Morgan fingerprint density at radius 3 is 2.19 bits per heavy atom. The van der Waals surface area contributed by atoms with Gasteiger partial charge in [0.05, 0.1) is 0 Å². The molecule has 1 saturated heterocycles. The van der Waals surface area contributed by atoms with Gasteiger partial charge in [-0.15, -0.1) is 0 Å². The molecule has 1 aromatic carbocycles. The summed E-state index contributed by atoms with van der Waals surface area (Å²) in [6.07, 6.45) is 0. The monoisotopic (exact) mass is 289 g/mol. The van der Waals surface area contributed by atoms with Gasteiger partial charge >= 0.3 is 0 Å². The van der Waals surface area contributed by atoms with E-state index in [0.717, 1.165) is 0 Å². The van der Waals surface area contributed by atoms with Crippen LogP contribution in [0.4, 0.5) is 5.69 Å². The third kappa shape index (κ3) is 3.81. The van der Waals surface area contributed by atoms with Crippen LogP contribution in [0.3, 0.4) is 0 Å². The van der Waals surface area contributed by atoms with Crippen LogP contribution < -0.4 is 5.32 Å². The van der Waals surface area contributed by atoms with Crippen molar-refractivity contribution in [1.82, 2.24) is 9.80 Å². The van der Waals surface area contributed by atoms with Gasteiger partial charge in [0.2, 0.25) is 11.8 Å². The lowest BCUT2D eigenvalue weighted by atomic mass is 10.1. The van der Waals surface area contributed by atoms with E-state index in [0.29, 0.717) is 37.4 Å². The van der Waals surface area contributed by atoms with Crippen LogP contribution in [-0.2, 0) is 9.59 Å². The summed E-state index contributed by atoms with van der Waals surface area (Å²) in [5.41, 5.74) is 1.15. The van der Waals surface area contributed by atoms with Crippen LogP contribution in [0.1, 0.15) is 24.2 Å². The predicted molar refractivity (Wildman–Crippen MR) is 78.9 cm³/mol. The van der Waals surface area contributed by atoms with E-state index in [2.05, 4.69) is 5.32 Å². The number of rotatable bonds is 2. The Balaban J connectivity index is 2.04. The molecule has 1 aromatic rings. The average Bonchev–Trinajstić information content (AvgIpc) is 2.46. The SMILES string of the molecule is CC(=O)Nc1cccc(C(=O)N2CCN(C(C)=O)CC2)c1. The van der Waals surface area contributed by atoms with Crippen molar-refractivity contribution in [2.75, 3.05) is 31.5 Å². The number of anilines is 1. The minimum absolute atomic E-state index is 0.0368. The molecule has 1 fully saturated rings. The molecular formula is C15H19N3O3. The van der Waals surface area contributed by atoms with Crippen molar-refractivity contribution >= 4 is 23.4 Å². The molecule has 0 radical (unpaired) electrons. The highest BCUT2D eigenvalue weighted by Gasteiger charge is 2.23. The van der Waals surface area contributed by atoms with Crippen molar-refractivity contribution in [3.8, 4) is 0 Å². The largest absolute Gasteiger partial charge is 0.339 e. The number of benzene rings is 1. The number of carbonyl (C=O) groups is 3. The molecule has 0 aliphatic carbocycles. The summed E-state index contributed by atoms with van der Waals surface area (Å²) in [5, 5.41) is 2.66. The minimum Gasteiger partial charge on any atom is -0.339 e. The molecular weight excluding hydrogens is 270 g/mol. The topological polar surface area (TPSA) is 69.7 Å². The van der Waals surface area contributed by atoms with Crippen LogP contribution in [0.2, 0.25) is 0 Å². The third-order valence-corrected chi connectivity index (χ3v) is 3.44. The Hall–Kier alpha value is -2.37. The van der Waals surface area contributed by atoms with Crippen LogP contribution in [0.15, 0.2) is 24.3 Å². The van der Waals surface area contributed by atoms with Gasteiger partial charge in [-0.05, 0) is 18.2 Å². The Labute approximate surface area is 123 Å². The van der Waals surface area contributed by atoms with E-state index in [-0.39, 0.29) is 17.7 Å². The van der Waals surface area contributed by atoms with E-state index < -0.39 is 0 Å². The first-order valence-electron chi connectivity index (χ1n) is 6.90. The molecule has 6 nitrogen and oxygen atoms in total. The molecule has 1 aliphatic heterocycles. The quantitative estimate of drug-likeness (QED) is 0.881. The molecule has 6 heteroatoms. The standard InChI is InChI=1S/C15H19N3O3/c1-11(19)16-14-5-3-4-13(10-14)15(21)18-8-6-17(7-9-18)12(2)20/h3-5,10H,6-9H2,1-2H3,(H,16,19). The van der Waals surface area contributed by atoms with E-state index in [9.17, 15) is 14.4 Å². The molecule has 0 atom stereocenters. The Bertz CT molecular complexity index is 563. The Kier molecular flexibility index (Phi) is 4.57. The minimum atomic E-state index is -0.172. The van der Waals surface area contributed by atoms with Gasteiger partial charge in [-0.3, -0.25) is 14.4 Å². The van der Waals surface area contributed by atoms with Crippen LogP contribution in [0.5, 0.6) is 0 Å². The summed E-state index contributed by atoms with van der Waals surface area (Å²) in [6.45, 7) is 5.15. The van der Waals surface area contributed by atoms with Crippen molar-refractivity contribution in [2.45, 2.75) is 13.8 Å². The summed E-state index contributed by atoms with van der Waals surface area (Å²) in [4.78, 5) is 38.2. The third-order valence-electron chi connectivity index (χ3n) is 3.44. The maximum absolute atomic E-state index is 12.4. The number of amides is 3. The Morgan fingerprint density at radius 1 is 1.00 bits per heavy atom. The highest BCUT2D eigenvalue weighted by Crippen LogP contribution is 2.14. The van der Waals surface area contributed by atoms with Crippen molar-refractivity contribution in [2.24, 2.45) is 0 Å². The molecule has 1 N–H and O–H groups in total. The van der Waals surface area contributed by atoms with Gasteiger partial charge in [-0.25, -0.2) is 0 Å². The fraction of sp³-hybridized carbons (Fsp3) is 0.400. The summed E-state index contributed by atoms with van der Waals surface area (Å²) in [6, 6.07) is 6.88. The van der Waals surface area contributed by atoms with E-state index >= 15 is 0 Å². The molecule has 112 valence electrons. The molecule has 0 spiro atoms. The lowest BCUT2D eigenvalue weighted by Gasteiger charge is -2.34. The van der Waals surface area contributed by atoms with E-state index in [1.807, 2.05) is 0 Å². The lowest BCUT2D eigenvalue weighted by Crippen LogP contribution is -2.50. The highest BCUT2D eigenvalue weighted by molar-refractivity contribution is 5.97. The number of hydrogen-bond acceptors (Lipinski definition) is 3. The molecule has 0 saturated carbocycles. The normalized spacial score (nSPS) is 14.8. The number of carbonyl (C=O) groups excluding carboxylic acids is 3. The second-order valence-electron chi connectivity index (χ2n) is 5.06.